The molecular weight excluding hydrogens is 160 g/mol. The smallest absolute Gasteiger partial charge is 0.100 e. The molecule has 0 aromatic rings. The van der Waals surface area contributed by atoms with E-state index in [2.05, 4.69) is 0 Å². The molecule has 0 fully saturated rings. The van der Waals surface area contributed by atoms with Gasteiger partial charge in [-0.15, -0.1) is 0 Å². The van der Waals surface area contributed by atoms with E-state index in [1.165, 1.54) is 0 Å². The van der Waals surface area contributed by atoms with Gasteiger partial charge in [-0.3, -0.25) is 0 Å². The second-order valence-electron chi connectivity index (χ2n) is 1.84. The molecule has 5 nitrogen and oxygen atoms in total. The summed E-state index contributed by atoms with van der Waals surface area (Å²) in [5, 5.41) is 39.6. The Morgan fingerprint density at radius 3 is 1.42 bits per heavy atom. The van der Waals surface area contributed by atoms with Crippen molar-refractivity contribution in [1.82, 2.24) is 0 Å². The van der Waals surface area contributed by atoms with Crippen LogP contribution in [-0.4, -0.2) is 34.6 Å². The summed E-state index contributed by atoms with van der Waals surface area (Å²) < 4.78 is 0. The first-order valence-electron chi connectivity index (χ1n) is 3.36. The highest BCUT2D eigenvalue weighted by molar-refractivity contribution is 4.78. The van der Waals surface area contributed by atoms with Gasteiger partial charge in [-0.1, -0.05) is 0 Å². The second-order valence-corrected chi connectivity index (χ2v) is 1.84. The lowest BCUT2D eigenvalue weighted by atomic mass is 10.4. The average molecular weight is 172 g/mol. The molecule has 0 bridgehead atoms. The molecule has 0 amide bonds. The molecule has 12 heavy (non-hydrogen) atoms. The molecule has 0 aromatic carbocycles. The van der Waals surface area contributed by atoms with Gasteiger partial charge in [-0.2, -0.15) is 10.5 Å². The van der Waals surface area contributed by atoms with Gasteiger partial charge in [0.1, 0.15) is 6.10 Å². The summed E-state index contributed by atoms with van der Waals surface area (Å²) >= 11 is 0. The zero-order valence-electron chi connectivity index (χ0n) is 6.64. The summed E-state index contributed by atoms with van der Waals surface area (Å²) in [6.45, 7) is -0.729. The molecule has 0 heterocycles. The molecule has 0 saturated heterocycles. The Bertz CT molecular complexity index is 141. The minimum absolute atomic E-state index is 0.358. The van der Waals surface area contributed by atoms with Crippen LogP contribution in [0.25, 0.3) is 0 Å². The molecule has 0 unspecified atom stereocenters. The molecule has 0 rings (SSSR count). The van der Waals surface area contributed by atoms with Gasteiger partial charge < -0.3 is 15.3 Å². The van der Waals surface area contributed by atoms with E-state index < -0.39 is 6.10 Å². The lowest BCUT2D eigenvalue weighted by Crippen LogP contribution is -2.15. The number of nitriles is 2. The second kappa shape index (κ2) is 12.5. The number of aliphatic hydroxyl groups is 3. The molecule has 0 atom stereocenters. The number of hydrogen-bond acceptors (Lipinski definition) is 5. The molecule has 0 spiro atoms. The van der Waals surface area contributed by atoms with Crippen LogP contribution in [0.1, 0.15) is 12.8 Å². The SMILES string of the molecule is N#CCCC#N.OCC(O)CO. The Balaban J connectivity index is 0. The molecule has 0 radical (unpaired) electrons. The lowest BCUT2D eigenvalue weighted by molar-refractivity contribution is 0.0450. The van der Waals surface area contributed by atoms with E-state index in [-0.39, 0.29) is 13.2 Å². The van der Waals surface area contributed by atoms with Crippen LogP contribution in [0.4, 0.5) is 0 Å². The minimum Gasteiger partial charge on any atom is -0.394 e. The minimum atomic E-state index is -0.954. The predicted octanol–water partition coefficient (Wildman–Crippen LogP) is -0.854. The fourth-order valence-electron chi connectivity index (χ4n) is 0.170. The third kappa shape index (κ3) is 15.9. The van der Waals surface area contributed by atoms with Gasteiger partial charge in [0.2, 0.25) is 0 Å². The normalized spacial score (nSPS) is 7.83. The van der Waals surface area contributed by atoms with Crippen molar-refractivity contribution >= 4 is 0 Å². The Hall–Kier alpha value is -1.14. The molecular formula is C7H12N2O3. The van der Waals surface area contributed by atoms with Gasteiger partial charge in [0.05, 0.1) is 25.4 Å². The van der Waals surface area contributed by atoms with Crippen molar-refractivity contribution in [2.24, 2.45) is 0 Å². The molecule has 0 aromatic heterocycles. The lowest BCUT2D eigenvalue weighted by Gasteiger charge is -1.96. The van der Waals surface area contributed by atoms with E-state index in [4.69, 9.17) is 25.8 Å². The van der Waals surface area contributed by atoms with Crippen molar-refractivity contribution in [2.75, 3.05) is 13.2 Å². The predicted molar refractivity (Wildman–Crippen MR) is 40.6 cm³/mol. The van der Waals surface area contributed by atoms with Gasteiger partial charge in [0.25, 0.3) is 0 Å². The molecule has 0 aliphatic carbocycles. The molecule has 3 N–H and O–H groups in total. The highest BCUT2D eigenvalue weighted by Crippen LogP contribution is 1.78. The van der Waals surface area contributed by atoms with E-state index in [0.29, 0.717) is 12.8 Å². The van der Waals surface area contributed by atoms with Crippen molar-refractivity contribution in [3.8, 4) is 12.1 Å². The summed E-state index contributed by atoms with van der Waals surface area (Å²) in [6.07, 6.45) is -0.238. The topological polar surface area (TPSA) is 108 Å². The maximum Gasteiger partial charge on any atom is 0.100 e. The number of hydrogen-bond donors (Lipinski definition) is 3. The molecule has 0 aliphatic rings. The molecule has 5 heteroatoms. The zero-order valence-corrected chi connectivity index (χ0v) is 6.64. The van der Waals surface area contributed by atoms with Crippen molar-refractivity contribution in [3.05, 3.63) is 0 Å². The van der Waals surface area contributed by atoms with Crippen LogP contribution in [-0.2, 0) is 0 Å². The summed E-state index contributed by atoms with van der Waals surface area (Å²) in [6, 6.07) is 3.69. The first-order chi connectivity index (χ1) is 5.72. The molecule has 0 aliphatic heterocycles. The third-order valence-electron chi connectivity index (χ3n) is 0.770. The molecule has 0 saturated carbocycles. The van der Waals surface area contributed by atoms with Crippen LogP contribution in [0, 0.1) is 22.7 Å². The number of aliphatic hydroxyl groups excluding tert-OH is 3. The Labute approximate surface area is 71.1 Å². The van der Waals surface area contributed by atoms with E-state index >= 15 is 0 Å². The number of unbranched alkanes of at least 4 members (excludes halogenated alkanes) is 1. The standard InChI is InChI=1S/C4H4N2.C3H8O3/c5-3-1-2-4-6;4-1-3(6)2-5/h1-2H2;3-6H,1-2H2. The first kappa shape index (κ1) is 13.4. The van der Waals surface area contributed by atoms with Crippen LogP contribution in [0.5, 0.6) is 0 Å². The van der Waals surface area contributed by atoms with Gasteiger partial charge >= 0.3 is 0 Å². The van der Waals surface area contributed by atoms with Gasteiger partial charge in [-0.05, 0) is 0 Å². The van der Waals surface area contributed by atoms with Crippen LogP contribution in [0.2, 0.25) is 0 Å². The quantitative estimate of drug-likeness (QED) is 0.480. The Morgan fingerprint density at radius 2 is 1.33 bits per heavy atom. The third-order valence-corrected chi connectivity index (χ3v) is 0.770. The van der Waals surface area contributed by atoms with Crippen LogP contribution in [0.3, 0.4) is 0 Å². The van der Waals surface area contributed by atoms with Crippen molar-refractivity contribution in [1.29, 1.82) is 10.5 Å². The van der Waals surface area contributed by atoms with E-state index in [9.17, 15) is 0 Å². The summed E-state index contributed by atoms with van der Waals surface area (Å²) in [5.74, 6) is 0. The van der Waals surface area contributed by atoms with Crippen molar-refractivity contribution in [2.45, 2.75) is 18.9 Å². The fourth-order valence-corrected chi connectivity index (χ4v) is 0.170. The van der Waals surface area contributed by atoms with E-state index in [0.717, 1.165) is 0 Å². The number of rotatable bonds is 3. The fraction of sp³-hybridized carbons (Fsp3) is 0.714. The highest BCUT2D eigenvalue weighted by Gasteiger charge is 1.93. The van der Waals surface area contributed by atoms with Gasteiger partial charge in [0.15, 0.2) is 0 Å². The summed E-state index contributed by atoms with van der Waals surface area (Å²) in [4.78, 5) is 0. The summed E-state index contributed by atoms with van der Waals surface area (Å²) in [7, 11) is 0. The first-order valence-corrected chi connectivity index (χ1v) is 3.36. The summed E-state index contributed by atoms with van der Waals surface area (Å²) in [5.41, 5.74) is 0. The monoisotopic (exact) mass is 172 g/mol. The maximum absolute atomic E-state index is 8.17. The van der Waals surface area contributed by atoms with Gasteiger partial charge in [0, 0.05) is 12.8 Å². The zero-order chi connectivity index (χ0) is 9.82. The maximum atomic E-state index is 8.17. The van der Waals surface area contributed by atoms with E-state index in [1.807, 2.05) is 12.1 Å². The molecule has 68 valence electrons. The van der Waals surface area contributed by atoms with Crippen LogP contribution < -0.4 is 0 Å². The van der Waals surface area contributed by atoms with Crippen LogP contribution >= 0.6 is 0 Å². The largest absolute Gasteiger partial charge is 0.394 e. The Kier molecular flexibility index (Phi) is 14.0. The Morgan fingerprint density at radius 1 is 1.00 bits per heavy atom. The van der Waals surface area contributed by atoms with E-state index in [1.54, 1.807) is 0 Å². The van der Waals surface area contributed by atoms with Crippen LogP contribution in [0.15, 0.2) is 0 Å². The van der Waals surface area contributed by atoms with Gasteiger partial charge in [-0.25, -0.2) is 0 Å². The van der Waals surface area contributed by atoms with Crippen molar-refractivity contribution in [3.63, 3.8) is 0 Å². The van der Waals surface area contributed by atoms with Crippen molar-refractivity contribution < 1.29 is 15.3 Å². The highest BCUT2D eigenvalue weighted by atomic mass is 16.3. The number of nitrogens with zero attached hydrogens (tertiary/aromatic N) is 2. The average Bonchev–Trinajstić information content (AvgIpc) is 2.14.